The molecule has 1 atom stereocenters. The molecule has 3 rings (SSSR count). The second-order valence-corrected chi connectivity index (χ2v) is 7.08. The Morgan fingerprint density at radius 2 is 1.92 bits per heavy atom. The maximum absolute atomic E-state index is 12.4. The molecule has 3 N–H and O–H groups in total. The summed E-state index contributed by atoms with van der Waals surface area (Å²) in [6.07, 6.45) is 2.57. The van der Waals surface area contributed by atoms with Crippen LogP contribution in [0.3, 0.4) is 0 Å². The van der Waals surface area contributed by atoms with Crippen LogP contribution < -0.4 is 11.1 Å². The molecule has 1 aliphatic rings. The van der Waals surface area contributed by atoms with E-state index in [9.17, 15) is 9.59 Å². The van der Waals surface area contributed by atoms with Crippen LogP contribution in [0.4, 0.5) is 5.69 Å². The van der Waals surface area contributed by atoms with E-state index in [0.717, 1.165) is 25.6 Å². The first kappa shape index (κ1) is 18.1. The topological polar surface area (TPSA) is 75.4 Å². The number of carbonyl (C=O) groups excluding carboxylic acids is 2. The van der Waals surface area contributed by atoms with E-state index in [1.165, 1.54) is 18.4 Å². The van der Waals surface area contributed by atoms with Gasteiger partial charge in [-0.25, -0.2) is 0 Å². The van der Waals surface area contributed by atoms with Gasteiger partial charge in [0.15, 0.2) is 0 Å². The van der Waals surface area contributed by atoms with Crippen LogP contribution in [-0.4, -0.2) is 29.8 Å². The van der Waals surface area contributed by atoms with E-state index >= 15 is 0 Å². The third kappa shape index (κ3) is 4.70. The zero-order chi connectivity index (χ0) is 18.5. The number of benzene rings is 2. The average molecular weight is 351 g/mol. The van der Waals surface area contributed by atoms with Crippen LogP contribution in [0, 0.1) is 5.92 Å². The molecule has 0 radical (unpaired) electrons. The van der Waals surface area contributed by atoms with Crippen LogP contribution in [0.1, 0.15) is 46.0 Å². The lowest BCUT2D eigenvalue weighted by Crippen LogP contribution is -2.33. The highest BCUT2D eigenvalue weighted by Gasteiger charge is 2.16. The smallest absolute Gasteiger partial charge is 0.255 e. The van der Waals surface area contributed by atoms with Crippen LogP contribution in [0.2, 0.25) is 0 Å². The maximum Gasteiger partial charge on any atom is 0.255 e. The summed E-state index contributed by atoms with van der Waals surface area (Å²) >= 11 is 0. The molecule has 1 unspecified atom stereocenters. The van der Waals surface area contributed by atoms with Gasteiger partial charge in [0.1, 0.15) is 0 Å². The lowest BCUT2D eigenvalue weighted by molar-refractivity contribution is 0.0996. The summed E-state index contributed by atoms with van der Waals surface area (Å²) in [6, 6.07) is 14.3. The Labute approximate surface area is 154 Å². The summed E-state index contributed by atoms with van der Waals surface area (Å²) < 4.78 is 0. The Morgan fingerprint density at radius 3 is 2.62 bits per heavy atom. The van der Waals surface area contributed by atoms with Gasteiger partial charge in [0.25, 0.3) is 5.91 Å². The van der Waals surface area contributed by atoms with Crippen LogP contribution >= 0.6 is 0 Å². The zero-order valence-electron chi connectivity index (χ0n) is 15.1. The normalized spacial score (nSPS) is 17.7. The fraction of sp³-hybridized carbons (Fsp3) is 0.333. The maximum atomic E-state index is 12.4. The highest BCUT2D eigenvalue weighted by Crippen LogP contribution is 2.18. The lowest BCUT2D eigenvalue weighted by Gasteiger charge is -2.30. The Balaban J connectivity index is 1.61. The van der Waals surface area contributed by atoms with E-state index in [-0.39, 0.29) is 5.91 Å². The van der Waals surface area contributed by atoms with Crippen molar-refractivity contribution in [1.29, 1.82) is 0 Å². The van der Waals surface area contributed by atoms with Crippen molar-refractivity contribution in [2.45, 2.75) is 26.3 Å². The molecule has 5 heteroatoms. The first-order valence-corrected chi connectivity index (χ1v) is 9.04. The number of nitrogens with two attached hydrogens (primary N) is 1. The van der Waals surface area contributed by atoms with Crippen molar-refractivity contribution in [3.8, 4) is 0 Å². The summed E-state index contributed by atoms with van der Waals surface area (Å²) in [5, 5.41) is 2.80. The molecule has 1 aliphatic heterocycles. The molecule has 2 aromatic rings. The first-order valence-electron chi connectivity index (χ1n) is 9.04. The minimum atomic E-state index is -0.516. The summed E-state index contributed by atoms with van der Waals surface area (Å²) in [5.41, 5.74) is 8.00. The molecule has 1 fully saturated rings. The SMILES string of the molecule is CC1CCCN(Cc2ccc(C(=O)Nc3cccc(C(N)=O)c3)cc2)C1. The number of hydrogen-bond acceptors (Lipinski definition) is 3. The van der Waals surface area contributed by atoms with Gasteiger partial charge in [-0.3, -0.25) is 14.5 Å². The summed E-state index contributed by atoms with van der Waals surface area (Å²) in [7, 11) is 0. The van der Waals surface area contributed by atoms with Gasteiger partial charge >= 0.3 is 0 Å². The lowest BCUT2D eigenvalue weighted by atomic mass is 9.99. The largest absolute Gasteiger partial charge is 0.366 e. The highest BCUT2D eigenvalue weighted by molar-refractivity contribution is 6.05. The summed E-state index contributed by atoms with van der Waals surface area (Å²) in [6.45, 7) is 5.50. The molecule has 0 aliphatic carbocycles. The molecule has 0 bridgehead atoms. The van der Waals surface area contributed by atoms with E-state index in [0.29, 0.717) is 16.8 Å². The van der Waals surface area contributed by atoms with Crippen LogP contribution in [-0.2, 0) is 6.54 Å². The zero-order valence-corrected chi connectivity index (χ0v) is 15.1. The van der Waals surface area contributed by atoms with Crippen molar-refractivity contribution < 1.29 is 9.59 Å². The number of hydrogen-bond donors (Lipinski definition) is 2. The molecular formula is C21H25N3O2. The van der Waals surface area contributed by atoms with Gasteiger partial charge in [0, 0.05) is 29.9 Å². The highest BCUT2D eigenvalue weighted by atomic mass is 16.2. The average Bonchev–Trinajstić information content (AvgIpc) is 2.62. The summed E-state index contributed by atoms with van der Waals surface area (Å²) in [5.74, 6) is 0.0345. The molecule has 136 valence electrons. The number of carbonyl (C=O) groups is 2. The first-order chi connectivity index (χ1) is 12.5. The number of nitrogens with one attached hydrogen (secondary N) is 1. The molecule has 0 aromatic heterocycles. The number of anilines is 1. The number of piperidine rings is 1. The van der Waals surface area contributed by atoms with Gasteiger partial charge in [-0.15, -0.1) is 0 Å². The number of likely N-dealkylation sites (tertiary alicyclic amines) is 1. The molecule has 0 spiro atoms. The monoisotopic (exact) mass is 351 g/mol. The third-order valence-corrected chi connectivity index (χ3v) is 4.77. The Kier molecular flexibility index (Phi) is 5.68. The van der Waals surface area contributed by atoms with E-state index in [2.05, 4.69) is 17.1 Å². The van der Waals surface area contributed by atoms with Crippen LogP contribution in [0.5, 0.6) is 0 Å². The molecule has 2 aromatic carbocycles. The number of nitrogens with zero attached hydrogens (tertiary/aromatic N) is 1. The van der Waals surface area contributed by atoms with E-state index < -0.39 is 5.91 Å². The summed E-state index contributed by atoms with van der Waals surface area (Å²) in [4.78, 5) is 26.1. The van der Waals surface area contributed by atoms with Gasteiger partial charge in [-0.05, 0) is 61.2 Å². The van der Waals surface area contributed by atoms with E-state index in [1.807, 2.05) is 24.3 Å². The molecule has 0 saturated carbocycles. The van der Waals surface area contributed by atoms with Crippen molar-refractivity contribution in [2.75, 3.05) is 18.4 Å². The molecule has 5 nitrogen and oxygen atoms in total. The number of rotatable bonds is 5. The molecule has 26 heavy (non-hydrogen) atoms. The quantitative estimate of drug-likeness (QED) is 0.868. The molecule has 1 saturated heterocycles. The Bertz CT molecular complexity index is 786. The fourth-order valence-electron chi connectivity index (χ4n) is 3.40. The standard InChI is InChI=1S/C21H25N3O2/c1-15-4-3-11-24(13-15)14-16-7-9-17(10-8-16)21(26)23-19-6-2-5-18(12-19)20(22)25/h2,5-10,12,15H,3-4,11,13-14H2,1H3,(H2,22,25)(H,23,26). The number of amides is 2. The van der Waals surface area contributed by atoms with E-state index in [4.69, 9.17) is 5.73 Å². The van der Waals surface area contributed by atoms with Gasteiger partial charge in [0.05, 0.1) is 0 Å². The van der Waals surface area contributed by atoms with Crippen LogP contribution in [0.15, 0.2) is 48.5 Å². The van der Waals surface area contributed by atoms with E-state index in [1.54, 1.807) is 24.3 Å². The molecule has 2 amide bonds. The van der Waals surface area contributed by atoms with Crippen molar-refractivity contribution in [2.24, 2.45) is 11.7 Å². The van der Waals surface area contributed by atoms with Crippen molar-refractivity contribution in [3.63, 3.8) is 0 Å². The minimum absolute atomic E-state index is 0.204. The Hall–Kier alpha value is -2.66. The second-order valence-electron chi connectivity index (χ2n) is 7.08. The molecule has 1 heterocycles. The van der Waals surface area contributed by atoms with Crippen molar-refractivity contribution in [3.05, 3.63) is 65.2 Å². The van der Waals surface area contributed by atoms with Crippen molar-refractivity contribution in [1.82, 2.24) is 4.90 Å². The second kappa shape index (κ2) is 8.15. The predicted molar refractivity (Wildman–Crippen MR) is 103 cm³/mol. The van der Waals surface area contributed by atoms with Gasteiger partial charge in [-0.2, -0.15) is 0 Å². The fourth-order valence-corrected chi connectivity index (χ4v) is 3.40. The van der Waals surface area contributed by atoms with Gasteiger partial charge in [-0.1, -0.05) is 25.1 Å². The Morgan fingerprint density at radius 1 is 1.15 bits per heavy atom. The third-order valence-electron chi connectivity index (χ3n) is 4.77. The van der Waals surface area contributed by atoms with Gasteiger partial charge < -0.3 is 11.1 Å². The minimum Gasteiger partial charge on any atom is -0.366 e. The molecular weight excluding hydrogens is 326 g/mol. The van der Waals surface area contributed by atoms with Crippen molar-refractivity contribution >= 4 is 17.5 Å². The predicted octanol–water partition coefficient (Wildman–Crippen LogP) is 3.27. The number of primary amides is 1. The van der Waals surface area contributed by atoms with Gasteiger partial charge in [0.2, 0.25) is 5.91 Å². The van der Waals surface area contributed by atoms with Crippen LogP contribution in [0.25, 0.3) is 0 Å².